The van der Waals surface area contributed by atoms with Gasteiger partial charge in [-0.2, -0.15) is 4.31 Å². The van der Waals surface area contributed by atoms with Crippen LogP contribution in [0.15, 0.2) is 77.7 Å². The second-order valence-corrected chi connectivity index (χ2v) is 9.58. The van der Waals surface area contributed by atoms with Crippen LogP contribution < -0.4 is 10.6 Å². The van der Waals surface area contributed by atoms with Gasteiger partial charge in [-0.15, -0.1) is 0 Å². The van der Waals surface area contributed by atoms with Gasteiger partial charge in [0.15, 0.2) is 0 Å². The summed E-state index contributed by atoms with van der Waals surface area (Å²) in [5.41, 5.74) is 2.50. The highest BCUT2D eigenvalue weighted by atomic mass is 32.2. The number of fused-ring (bicyclic) bond motifs is 1. The summed E-state index contributed by atoms with van der Waals surface area (Å²) in [5, 5.41) is 5.37. The van der Waals surface area contributed by atoms with Gasteiger partial charge >= 0.3 is 0 Å². The smallest absolute Gasteiger partial charge is 0.247 e. The van der Waals surface area contributed by atoms with E-state index in [4.69, 9.17) is 0 Å². The summed E-state index contributed by atoms with van der Waals surface area (Å²) in [7, 11) is -4.31. The third kappa shape index (κ3) is 4.79. The molecule has 2 amide bonds. The Balaban J connectivity index is 1.69. The molecule has 9 heteroatoms. The summed E-state index contributed by atoms with van der Waals surface area (Å²) in [5.74, 6) is -1.69. The average molecular weight is 468 g/mol. The number of benzene rings is 3. The molecule has 1 atom stereocenters. The maximum atomic E-state index is 14.4. The number of carbonyl (C=O) groups is 2. The summed E-state index contributed by atoms with van der Waals surface area (Å²) in [6, 6.07) is 17.8. The first-order valence-electron chi connectivity index (χ1n) is 10.3. The van der Waals surface area contributed by atoms with E-state index >= 15 is 0 Å². The number of sulfonamides is 1. The van der Waals surface area contributed by atoms with E-state index in [0.717, 1.165) is 21.5 Å². The molecule has 0 saturated heterocycles. The molecule has 4 rings (SSSR count). The first-order valence-corrected chi connectivity index (χ1v) is 11.7. The van der Waals surface area contributed by atoms with Crippen molar-refractivity contribution in [2.24, 2.45) is 0 Å². The van der Waals surface area contributed by atoms with Crippen LogP contribution in [0.1, 0.15) is 18.1 Å². The predicted molar refractivity (Wildman–Crippen MR) is 122 cm³/mol. The number of nitrogens with one attached hydrogen (secondary N) is 2. The molecule has 1 aliphatic heterocycles. The minimum atomic E-state index is -4.31. The van der Waals surface area contributed by atoms with Crippen molar-refractivity contribution in [1.82, 2.24) is 4.31 Å². The molecule has 33 heavy (non-hydrogen) atoms. The van der Waals surface area contributed by atoms with E-state index < -0.39 is 32.7 Å². The minimum Gasteiger partial charge on any atom is -0.326 e. The van der Waals surface area contributed by atoms with Crippen LogP contribution in [-0.4, -0.2) is 30.6 Å². The molecule has 1 heterocycles. The molecule has 3 aromatic carbocycles. The first-order chi connectivity index (χ1) is 15.8. The molecule has 7 nitrogen and oxygen atoms in total. The van der Waals surface area contributed by atoms with Gasteiger partial charge in [0.25, 0.3) is 0 Å². The highest BCUT2D eigenvalue weighted by molar-refractivity contribution is 7.89. The fraction of sp³-hybridized carbons (Fsp3) is 0.167. The van der Waals surface area contributed by atoms with Crippen molar-refractivity contribution < 1.29 is 22.4 Å². The number of hydrogen-bond donors (Lipinski definition) is 2. The SMILES string of the molecule is CC(=O)Nc1cccc(NC(=O)C2Cc3ccccc3CN2S(=O)(=O)c2ccccc2F)c1. The van der Waals surface area contributed by atoms with Crippen LogP contribution >= 0.6 is 0 Å². The first kappa shape index (κ1) is 22.6. The Kier molecular flexibility index (Phi) is 6.26. The lowest BCUT2D eigenvalue weighted by atomic mass is 9.95. The third-order valence-corrected chi connectivity index (χ3v) is 7.27. The molecule has 1 unspecified atom stereocenters. The van der Waals surface area contributed by atoms with Crippen molar-refractivity contribution in [3.05, 3.63) is 89.7 Å². The molecule has 0 saturated carbocycles. The Morgan fingerprint density at radius 2 is 1.55 bits per heavy atom. The Hall–Kier alpha value is -3.56. The van der Waals surface area contributed by atoms with Crippen molar-refractivity contribution in [2.45, 2.75) is 30.8 Å². The van der Waals surface area contributed by atoms with Crippen LogP contribution in [-0.2, 0) is 32.6 Å². The molecule has 0 aliphatic carbocycles. The zero-order valence-corrected chi connectivity index (χ0v) is 18.6. The molecule has 0 radical (unpaired) electrons. The van der Waals surface area contributed by atoms with E-state index in [2.05, 4.69) is 10.6 Å². The van der Waals surface area contributed by atoms with Crippen molar-refractivity contribution >= 4 is 33.2 Å². The quantitative estimate of drug-likeness (QED) is 0.600. The molecule has 170 valence electrons. The van der Waals surface area contributed by atoms with Crippen LogP contribution in [0.5, 0.6) is 0 Å². The third-order valence-electron chi connectivity index (χ3n) is 5.38. The summed E-state index contributed by atoms with van der Waals surface area (Å²) >= 11 is 0. The largest absolute Gasteiger partial charge is 0.326 e. The summed E-state index contributed by atoms with van der Waals surface area (Å²) in [6.07, 6.45) is 0.140. The van der Waals surface area contributed by atoms with E-state index in [1.54, 1.807) is 36.4 Å². The average Bonchev–Trinajstić information content (AvgIpc) is 2.78. The van der Waals surface area contributed by atoms with Crippen molar-refractivity contribution in [1.29, 1.82) is 0 Å². The van der Waals surface area contributed by atoms with Gasteiger partial charge in [0.05, 0.1) is 0 Å². The zero-order chi connectivity index (χ0) is 23.6. The molecular weight excluding hydrogens is 445 g/mol. The lowest BCUT2D eigenvalue weighted by molar-refractivity contribution is -0.120. The molecule has 0 aromatic heterocycles. The number of nitrogens with zero attached hydrogens (tertiary/aromatic N) is 1. The molecule has 0 spiro atoms. The van der Waals surface area contributed by atoms with Crippen LogP contribution in [0.25, 0.3) is 0 Å². The van der Waals surface area contributed by atoms with Gasteiger partial charge in [-0.25, -0.2) is 12.8 Å². The van der Waals surface area contributed by atoms with Crippen LogP contribution in [0.2, 0.25) is 0 Å². The Morgan fingerprint density at radius 1 is 0.909 bits per heavy atom. The van der Waals surface area contributed by atoms with Gasteiger partial charge < -0.3 is 10.6 Å². The Morgan fingerprint density at radius 3 is 2.24 bits per heavy atom. The standard InChI is InChI=1S/C24H22FN3O4S/c1-16(29)26-19-9-6-10-20(14-19)27-24(30)22-13-17-7-2-3-8-18(17)15-28(22)33(31,32)23-12-5-4-11-21(23)25/h2-12,14,22H,13,15H2,1H3,(H,26,29)(H,27,30). The number of amides is 2. The minimum absolute atomic E-state index is 0.0587. The fourth-order valence-electron chi connectivity index (χ4n) is 3.86. The maximum Gasteiger partial charge on any atom is 0.247 e. The zero-order valence-electron chi connectivity index (χ0n) is 17.8. The van der Waals surface area contributed by atoms with Crippen LogP contribution in [0.3, 0.4) is 0 Å². The second kappa shape index (κ2) is 9.13. The Labute approximate surface area is 191 Å². The van der Waals surface area contributed by atoms with Gasteiger partial charge in [-0.05, 0) is 47.9 Å². The molecule has 0 fully saturated rings. The molecular formula is C24H22FN3O4S. The molecule has 3 aromatic rings. The lowest BCUT2D eigenvalue weighted by Crippen LogP contribution is -2.50. The fourth-order valence-corrected chi connectivity index (χ4v) is 5.49. The van der Waals surface area contributed by atoms with Gasteiger partial charge in [-0.3, -0.25) is 9.59 Å². The van der Waals surface area contributed by atoms with Gasteiger partial charge in [0, 0.05) is 24.8 Å². The number of rotatable bonds is 5. The normalized spacial score (nSPS) is 16.0. The highest BCUT2D eigenvalue weighted by Crippen LogP contribution is 2.31. The highest BCUT2D eigenvalue weighted by Gasteiger charge is 2.40. The van der Waals surface area contributed by atoms with Crippen molar-refractivity contribution in [3.63, 3.8) is 0 Å². The summed E-state index contributed by atoms with van der Waals surface area (Å²) in [4.78, 5) is 24.1. The van der Waals surface area contributed by atoms with Crippen LogP contribution in [0.4, 0.5) is 15.8 Å². The molecule has 1 aliphatic rings. The number of hydrogen-bond acceptors (Lipinski definition) is 4. The number of carbonyl (C=O) groups excluding carboxylic acids is 2. The maximum absolute atomic E-state index is 14.4. The van der Waals surface area contributed by atoms with Crippen molar-refractivity contribution in [3.8, 4) is 0 Å². The van der Waals surface area contributed by atoms with Gasteiger partial charge in [-0.1, -0.05) is 42.5 Å². The van der Waals surface area contributed by atoms with E-state index in [1.165, 1.54) is 25.1 Å². The number of halogens is 1. The van der Waals surface area contributed by atoms with Crippen molar-refractivity contribution in [2.75, 3.05) is 10.6 Å². The van der Waals surface area contributed by atoms with Gasteiger partial charge in [0.1, 0.15) is 16.8 Å². The van der Waals surface area contributed by atoms with Gasteiger partial charge in [0.2, 0.25) is 21.8 Å². The van der Waals surface area contributed by atoms with E-state index in [1.807, 2.05) is 12.1 Å². The summed E-state index contributed by atoms with van der Waals surface area (Å²) in [6.45, 7) is 1.31. The Bertz CT molecular complexity index is 1330. The predicted octanol–water partition coefficient (Wildman–Crippen LogP) is 3.54. The monoisotopic (exact) mass is 467 g/mol. The summed E-state index contributed by atoms with van der Waals surface area (Å²) < 4.78 is 42.3. The molecule has 2 N–H and O–H groups in total. The second-order valence-electron chi connectivity index (χ2n) is 7.72. The van der Waals surface area contributed by atoms with E-state index in [9.17, 15) is 22.4 Å². The van der Waals surface area contributed by atoms with Crippen LogP contribution in [0, 0.1) is 5.82 Å². The lowest BCUT2D eigenvalue weighted by Gasteiger charge is -2.35. The van der Waals surface area contributed by atoms with E-state index in [-0.39, 0.29) is 18.9 Å². The number of anilines is 2. The molecule has 0 bridgehead atoms. The topological polar surface area (TPSA) is 95.6 Å². The van der Waals surface area contributed by atoms with E-state index in [0.29, 0.717) is 11.4 Å².